The molecule has 0 bridgehead atoms. The Labute approximate surface area is 54.9 Å². The number of diazo groups is 1. The molecule has 0 aliphatic heterocycles. The number of rotatable bonds is 0. The standard InChI is InChI=1S/C6H12N3/c7-5-1-3-6(9-8)4-2-5/h5-6H,1-4,7H2/q+1. The molecule has 0 aromatic carbocycles. The third-order valence-electron chi connectivity index (χ3n) is 1.90. The second-order valence-corrected chi connectivity index (χ2v) is 2.68. The van der Waals surface area contributed by atoms with Gasteiger partial charge in [-0.2, -0.15) is 0 Å². The molecule has 3 nitrogen and oxygen atoms in total. The average Bonchev–Trinajstić information content (AvgIpc) is 1.90. The highest BCUT2D eigenvalue weighted by Crippen LogP contribution is 2.19. The summed E-state index contributed by atoms with van der Waals surface area (Å²) in [6.07, 6.45) is 3.93. The number of hydrogen-bond donors (Lipinski definition) is 1. The molecule has 0 spiro atoms. The van der Waals surface area contributed by atoms with E-state index in [1.165, 1.54) is 0 Å². The van der Waals surface area contributed by atoms with Crippen molar-refractivity contribution in [2.24, 2.45) is 5.73 Å². The van der Waals surface area contributed by atoms with E-state index in [2.05, 4.69) is 4.98 Å². The van der Waals surface area contributed by atoms with Crippen LogP contribution in [0.4, 0.5) is 0 Å². The summed E-state index contributed by atoms with van der Waals surface area (Å²) in [4.78, 5) is 3.23. The van der Waals surface area contributed by atoms with Crippen molar-refractivity contribution in [3.8, 4) is 0 Å². The fourth-order valence-corrected chi connectivity index (χ4v) is 1.22. The molecule has 9 heavy (non-hydrogen) atoms. The molecule has 0 amide bonds. The van der Waals surface area contributed by atoms with Gasteiger partial charge in [0.25, 0.3) is 0 Å². The SMILES string of the molecule is N#[N+]C1CCC(N)CC1. The van der Waals surface area contributed by atoms with Gasteiger partial charge in [0.15, 0.2) is 0 Å². The Morgan fingerprint density at radius 2 is 1.78 bits per heavy atom. The van der Waals surface area contributed by atoms with Gasteiger partial charge in [-0.25, -0.2) is 0 Å². The van der Waals surface area contributed by atoms with E-state index in [4.69, 9.17) is 11.1 Å². The van der Waals surface area contributed by atoms with Crippen molar-refractivity contribution in [1.82, 2.24) is 0 Å². The van der Waals surface area contributed by atoms with Crippen LogP contribution >= 0.6 is 0 Å². The van der Waals surface area contributed by atoms with Crippen LogP contribution in [0, 0.1) is 5.39 Å². The quantitative estimate of drug-likeness (QED) is 0.494. The molecule has 0 atom stereocenters. The Morgan fingerprint density at radius 3 is 2.22 bits per heavy atom. The predicted molar refractivity (Wildman–Crippen MR) is 35.3 cm³/mol. The molecule has 0 aromatic rings. The van der Waals surface area contributed by atoms with Crippen LogP contribution in [-0.2, 0) is 0 Å². The van der Waals surface area contributed by atoms with E-state index in [1.54, 1.807) is 0 Å². The zero-order valence-corrected chi connectivity index (χ0v) is 5.45. The van der Waals surface area contributed by atoms with Crippen LogP contribution < -0.4 is 5.73 Å². The van der Waals surface area contributed by atoms with Crippen molar-refractivity contribution < 1.29 is 0 Å². The van der Waals surface area contributed by atoms with Gasteiger partial charge in [-0.1, -0.05) is 0 Å². The number of hydrogen-bond acceptors (Lipinski definition) is 2. The van der Waals surface area contributed by atoms with Gasteiger partial charge in [-0.3, -0.25) is 0 Å². The highest BCUT2D eigenvalue weighted by molar-refractivity contribution is 4.84. The number of nitrogens with two attached hydrogens (primary N) is 1. The van der Waals surface area contributed by atoms with Crippen LogP contribution in [0.3, 0.4) is 0 Å². The normalized spacial score (nSPS) is 35.6. The third kappa shape index (κ3) is 1.65. The van der Waals surface area contributed by atoms with Crippen LogP contribution in [0.15, 0.2) is 0 Å². The van der Waals surface area contributed by atoms with Gasteiger partial charge in [-0.05, 0) is 12.8 Å². The van der Waals surface area contributed by atoms with E-state index >= 15 is 0 Å². The lowest BCUT2D eigenvalue weighted by Crippen LogP contribution is -2.27. The Morgan fingerprint density at radius 1 is 1.22 bits per heavy atom. The molecule has 0 radical (unpaired) electrons. The van der Waals surface area contributed by atoms with Crippen molar-refractivity contribution in [3.05, 3.63) is 4.98 Å². The topological polar surface area (TPSA) is 54.2 Å². The molecule has 0 unspecified atom stereocenters. The molecule has 1 aliphatic carbocycles. The Hall–Kier alpha value is -0.620. The summed E-state index contributed by atoms with van der Waals surface area (Å²) in [5, 5.41) is 8.36. The summed E-state index contributed by atoms with van der Waals surface area (Å²) >= 11 is 0. The van der Waals surface area contributed by atoms with Gasteiger partial charge in [-0.15, -0.1) is 0 Å². The van der Waals surface area contributed by atoms with Gasteiger partial charge in [0.1, 0.15) is 4.98 Å². The second kappa shape index (κ2) is 2.79. The van der Waals surface area contributed by atoms with E-state index in [9.17, 15) is 0 Å². The predicted octanol–water partition coefficient (Wildman–Crippen LogP) is 1.11. The summed E-state index contributed by atoms with van der Waals surface area (Å²) in [5.74, 6) is 0. The van der Waals surface area contributed by atoms with Crippen LogP contribution in [0.5, 0.6) is 0 Å². The Bertz CT molecular complexity index is 119. The molecule has 3 heteroatoms. The van der Waals surface area contributed by atoms with Crippen molar-refractivity contribution >= 4 is 0 Å². The average molecular weight is 126 g/mol. The van der Waals surface area contributed by atoms with E-state index in [0.29, 0.717) is 6.04 Å². The molecule has 50 valence electrons. The summed E-state index contributed by atoms with van der Waals surface area (Å²) < 4.78 is 0. The molecule has 0 saturated heterocycles. The fourth-order valence-electron chi connectivity index (χ4n) is 1.22. The number of nitrogens with zero attached hydrogens (tertiary/aromatic N) is 2. The molecular weight excluding hydrogens is 114 g/mol. The molecular formula is C6H12N3+. The van der Waals surface area contributed by atoms with Gasteiger partial charge in [0.2, 0.25) is 5.39 Å². The van der Waals surface area contributed by atoms with Crippen LogP contribution in [-0.4, -0.2) is 12.1 Å². The van der Waals surface area contributed by atoms with Crippen molar-refractivity contribution in [3.63, 3.8) is 0 Å². The van der Waals surface area contributed by atoms with Crippen molar-refractivity contribution in [2.75, 3.05) is 0 Å². The first-order chi connectivity index (χ1) is 4.33. The maximum absolute atomic E-state index is 8.36. The van der Waals surface area contributed by atoms with E-state index in [0.717, 1.165) is 25.7 Å². The van der Waals surface area contributed by atoms with Crippen molar-refractivity contribution in [2.45, 2.75) is 37.8 Å². The minimum Gasteiger partial charge on any atom is -0.328 e. The lowest BCUT2D eigenvalue weighted by atomic mass is 9.93. The lowest BCUT2D eigenvalue weighted by Gasteiger charge is -2.14. The monoisotopic (exact) mass is 126 g/mol. The summed E-state index contributed by atoms with van der Waals surface area (Å²) in [6.45, 7) is 0. The smallest absolute Gasteiger partial charge is 0.314 e. The zero-order valence-electron chi connectivity index (χ0n) is 5.45. The first-order valence-electron chi connectivity index (χ1n) is 3.42. The highest BCUT2D eigenvalue weighted by atomic mass is 14.9. The highest BCUT2D eigenvalue weighted by Gasteiger charge is 2.26. The first-order valence-corrected chi connectivity index (χ1v) is 3.42. The Kier molecular flexibility index (Phi) is 2.01. The summed E-state index contributed by atoms with van der Waals surface area (Å²) in [7, 11) is 0. The third-order valence-corrected chi connectivity index (χ3v) is 1.90. The van der Waals surface area contributed by atoms with Crippen LogP contribution in [0.2, 0.25) is 0 Å². The minimum atomic E-state index is 0.171. The second-order valence-electron chi connectivity index (χ2n) is 2.68. The zero-order chi connectivity index (χ0) is 6.69. The molecule has 0 aromatic heterocycles. The maximum Gasteiger partial charge on any atom is 0.314 e. The molecule has 1 rings (SSSR count). The van der Waals surface area contributed by atoms with Crippen molar-refractivity contribution in [1.29, 1.82) is 5.39 Å². The van der Waals surface area contributed by atoms with Crippen LogP contribution in [0.25, 0.3) is 4.98 Å². The van der Waals surface area contributed by atoms with E-state index in [1.807, 2.05) is 0 Å². The van der Waals surface area contributed by atoms with Crippen LogP contribution in [0.1, 0.15) is 25.7 Å². The molecule has 1 aliphatic rings. The minimum absolute atomic E-state index is 0.171. The summed E-state index contributed by atoms with van der Waals surface area (Å²) in [5.41, 5.74) is 5.63. The lowest BCUT2D eigenvalue weighted by molar-refractivity contribution is 0.421. The largest absolute Gasteiger partial charge is 0.328 e. The molecule has 2 N–H and O–H groups in total. The molecule has 0 heterocycles. The summed E-state index contributed by atoms with van der Waals surface area (Å²) in [6, 6.07) is 0.521. The molecule has 1 saturated carbocycles. The van der Waals surface area contributed by atoms with E-state index < -0.39 is 0 Å². The van der Waals surface area contributed by atoms with Gasteiger partial charge in [0, 0.05) is 18.9 Å². The van der Waals surface area contributed by atoms with Gasteiger partial charge in [0.05, 0.1) is 0 Å². The Balaban J connectivity index is 2.28. The fraction of sp³-hybridized carbons (Fsp3) is 1.00. The maximum atomic E-state index is 8.36. The molecule has 1 fully saturated rings. The van der Waals surface area contributed by atoms with Gasteiger partial charge >= 0.3 is 6.04 Å². The first kappa shape index (κ1) is 6.50. The van der Waals surface area contributed by atoms with E-state index in [-0.39, 0.29) is 6.04 Å². The van der Waals surface area contributed by atoms with Gasteiger partial charge < -0.3 is 5.73 Å².